The lowest BCUT2D eigenvalue weighted by molar-refractivity contribution is 0.408. The summed E-state index contributed by atoms with van der Waals surface area (Å²) in [5.74, 6) is -0.626. The maximum atomic E-state index is 13.2. The lowest BCUT2D eigenvalue weighted by Crippen LogP contribution is -1.96. The standard InChI is InChI=1S/C11H7F2IO/c12-8-1-2-10(13)11(7-8)15-9-3-5-14-6-4-9/h1-7H. The zero-order valence-corrected chi connectivity index (χ0v) is 9.74. The summed E-state index contributed by atoms with van der Waals surface area (Å²) in [4.78, 5) is 0. The summed E-state index contributed by atoms with van der Waals surface area (Å²) in [6.45, 7) is 0. The molecule has 1 nitrogen and oxygen atoms in total. The third kappa shape index (κ3) is 2.71. The van der Waals surface area contributed by atoms with Gasteiger partial charge in [-0.05, 0) is 32.4 Å². The predicted molar refractivity (Wildman–Crippen MR) is 64.3 cm³/mol. The van der Waals surface area contributed by atoms with E-state index in [0.29, 0.717) is 5.76 Å². The highest BCUT2D eigenvalue weighted by Crippen LogP contribution is 2.22. The molecule has 1 heterocycles. The first-order chi connectivity index (χ1) is 7.25. The molecule has 1 aromatic carbocycles. The third-order valence-corrected chi connectivity index (χ3v) is 3.27. The molecule has 0 bridgehead atoms. The van der Waals surface area contributed by atoms with E-state index in [9.17, 15) is 8.78 Å². The molecule has 1 aliphatic heterocycles. The molecule has 0 saturated carbocycles. The number of ether oxygens (including phenoxy) is 1. The van der Waals surface area contributed by atoms with Crippen molar-refractivity contribution >= 4 is 24.7 Å². The molecule has 1 aliphatic rings. The molecule has 0 unspecified atom stereocenters. The van der Waals surface area contributed by atoms with Crippen LogP contribution in [-0.2, 0) is 0 Å². The minimum atomic E-state index is -0.564. The Morgan fingerprint density at radius 1 is 1.20 bits per heavy atom. The van der Waals surface area contributed by atoms with E-state index in [1.807, 2.05) is 8.09 Å². The van der Waals surface area contributed by atoms with Gasteiger partial charge in [-0.1, -0.05) is 20.7 Å². The molecule has 2 rings (SSSR count). The maximum Gasteiger partial charge on any atom is 0.165 e. The van der Waals surface area contributed by atoms with Crippen molar-refractivity contribution in [1.82, 2.24) is 0 Å². The fourth-order valence-corrected chi connectivity index (χ4v) is 2.41. The van der Waals surface area contributed by atoms with E-state index in [1.54, 1.807) is 12.2 Å². The van der Waals surface area contributed by atoms with Crippen LogP contribution in [0.2, 0.25) is 0 Å². The van der Waals surface area contributed by atoms with Gasteiger partial charge in [0.2, 0.25) is 0 Å². The van der Waals surface area contributed by atoms with E-state index < -0.39 is 11.6 Å². The topological polar surface area (TPSA) is 9.23 Å². The van der Waals surface area contributed by atoms with E-state index >= 15 is 0 Å². The Hall–Kier alpha value is -1.04. The Balaban J connectivity index is 2.24. The highest BCUT2D eigenvalue weighted by atomic mass is 127. The molecule has 0 spiro atoms. The van der Waals surface area contributed by atoms with Crippen LogP contribution in [0.15, 0.2) is 40.2 Å². The van der Waals surface area contributed by atoms with Crippen LogP contribution in [0.25, 0.3) is 0 Å². The summed E-state index contributed by atoms with van der Waals surface area (Å²) in [6, 6.07) is 3.15. The first-order valence-electron chi connectivity index (χ1n) is 4.20. The van der Waals surface area contributed by atoms with E-state index in [2.05, 4.69) is 0 Å². The van der Waals surface area contributed by atoms with Gasteiger partial charge < -0.3 is 4.74 Å². The molecule has 1 aromatic rings. The third-order valence-electron chi connectivity index (χ3n) is 1.72. The van der Waals surface area contributed by atoms with Crippen molar-refractivity contribution in [2.75, 3.05) is 0 Å². The van der Waals surface area contributed by atoms with Crippen LogP contribution in [-0.4, -0.2) is 4.01 Å². The second-order valence-electron chi connectivity index (χ2n) is 2.79. The monoisotopic (exact) mass is 320 g/mol. The first-order valence-corrected chi connectivity index (χ1v) is 6.70. The highest BCUT2D eigenvalue weighted by molar-refractivity contribution is 14.2. The van der Waals surface area contributed by atoms with Crippen LogP contribution in [0.1, 0.15) is 0 Å². The maximum absolute atomic E-state index is 13.2. The van der Waals surface area contributed by atoms with Gasteiger partial charge in [-0.15, -0.1) is 0 Å². The van der Waals surface area contributed by atoms with Gasteiger partial charge in [0, 0.05) is 6.07 Å². The molecule has 0 fully saturated rings. The summed E-state index contributed by atoms with van der Waals surface area (Å²) in [7, 11) is 0. The fourth-order valence-electron chi connectivity index (χ4n) is 1.04. The van der Waals surface area contributed by atoms with E-state index in [1.165, 1.54) is 0 Å². The average molecular weight is 320 g/mol. The van der Waals surface area contributed by atoms with Crippen molar-refractivity contribution in [1.29, 1.82) is 0 Å². The molecule has 0 aromatic heterocycles. The second kappa shape index (κ2) is 4.65. The molecular formula is C11H7F2IO. The van der Waals surface area contributed by atoms with Crippen LogP contribution in [0.4, 0.5) is 8.78 Å². The smallest absolute Gasteiger partial charge is 0.165 e. The Morgan fingerprint density at radius 2 is 2.07 bits per heavy atom. The molecule has 15 heavy (non-hydrogen) atoms. The Morgan fingerprint density at radius 3 is 2.80 bits per heavy atom. The molecule has 78 valence electrons. The van der Waals surface area contributed by atoms with Gasteiger partial charge in [0.05, 0.1) is 0 Å². The summed E-state index contributed by atoms with van der Waals surface area (Å²) in [6.07, 6.45) is 3.55. The van der Waals surface area contributed by atoms with Gasteiger partial charge >= 0.3 is 0 Å². The zero-order valence-electron chi connectivity index (χ0n) is 7.58. The lowest BCUT2D eigenvalue weighted by Gasteiger charge is -2.07. The van der Waals surface area contributed by atoms with E-state index in [-0.39, 0.29) is 26.5 Å². The van der Waals surface area contributed by atoms with Crippen LogP contribution in [0.5, 0.6) is 5.75 Å². The zero-order chi connectivity index (χ0) is 10.7. The second-order valence-corrected chi connectivity index (χ2v) is 4.95. The minimum absolute atomic E-state index is 0.0327. The summed E-state index contributed by atoms with van der Waals surface area (Å²) < 4.78 is 35.2. The molecule has 0 atom stereocenters. The SMILES string of the molecule is Fc1ccc(F)c(OC2=CC=IC=C2)c1. The Labute approximate surface area is 95.8 Å². The minimum Gasteiger partial charge on any atom is -0.454 e. The number of hydrogen-bond donors (Lipinski definition) is 0. The van der Waals surface area contributed by atoms with Gasteiger partial charge in [0.25, 0.3) is 0 Å². The van der Waals surface area contributed by atoms with Gasteiger partial charge in [-0.3, -0.25) is 0 Å². The van der Waals surface area contributed by atoms with Gasteiger partial charge in [0.1, 0.15) is 11.6 Å². The normalized spacial score (nSPS) is 14.4. The molecule has 0 N–H and O–H groups in total. The van der Waals surface area contributed by atoms with Gasteiger partial charge in [0.15, 0.2) is 11.6 Å². The Kier molecular flexibility index (Phi) is 3.25. The molecular weight excluding hydrogens is 313 g/mol. The largest absolute Gasteiger partial charge is 0.454 e. The summed E-state index contributed by atoms with van der Waals surface area (Å²) in [5.41, 5.74) is 0. The summed E-state index contributed by atoms with van der Waals surface area (Å²) in [5, 5.41) is 0. The van der Waals surface area contributed by atoms with Crippen molar-refractivity contribution in [2.24, 2.45) is 0 Å². The number of hydrogen-bond acceptors (Lipinski definition) is 1. The fraction of sp³-hybridized carbons (Fsp3) is 0. The predicted octanol–water partition coefficient (Wildman–Crippen LogP) is 3.53. The van der Waals surface area contributed by atoms with E-state index in [0.717, 1.165) is 18.2 Å². The summed E-state index contributed by atoms with van der Waals surface area (Å²) >= 11 is -0.0327. The number of allylic oxidation sites excluding steroid dienone is 2. The van der Waals surface area contributed by atoms with Crippen LogP contribution in [0.3, 0.4) is 0 Å². The van der Waals surface area contributed by atoms with Crippen molar-refractivity contribution < 1.29 is 13.5 Å². The number of halogens is 3. The highest BCUT2D eigenvalue weighted by Gasteiger charge is 2.06. The van der Waals surface area contributed by atoms with Gasteiger partial charge in [-0.2, -0.15) is 0 Å². The van der Waals surface area contributed by atoms with Crippen molar-refractivity contribution in [2.45, 2.75) is 0 Å². The quantitative estimate of drug-likeness (QED) is 0.758. The molecule has 0 amide bonds. The van der Waals surface area contributed by atoms with Crippen LogP contribution < -0.4 is 4.74 Å². The van der Waals surface area contributed by atoms with Crippen molar-refractivity contribution in [3.8, 4) is 5.75 Å². The van der Waals surface area contributed by atoms with Crippen LogP contribution in [0, 0.1) is 11.6 Å². The van der Waals surface area contributed by atoms with Crippen molar-refractivity contribution in [3.63, 3.8) is 0 Å². The van der Waals surface area contributed by atoms with Crippen LogP contribution >= 0.6 is 20.7 Å². The first kappa shape index (κ1) is 10.5. The van der Waals surface area contributed by atoms with Crippen molar-refractivity contribution in [3.05, 3.63) is 51.8 Å². The lowest BCUT2D eigenvalue weighted by atomic mass is 10.3. The van der Waals surface area contributed by atoms with Gasteiger partial charge in [-0.25, -0.2) is 8.78 Å². The number of benzene rings is 1. The number of rotatable bonds is 2. The average Bonchev–Trinajstić information content (AvgIpc) is 2.25. The molecule has 0 saturated heterocycles. The molecule has 0 radical (unpaired) electrons. The van der Waals surface area contributed by atoms with E-state index in [4.69, 9.17) is 4.74 Å². The molecule has 0 aliphatic carbocycles. The molecule has 4 heteroatoms. The Bertz CT molecular complexity index is 464.